The zero-order chi connectivity index (χ0) is 12.3. The van der Waals surface area contributed by atoms with Crippen LogP contribution in [-0.4, -0.2) is 21.6 Å². The van der Waals surface area contributed by atoms with E-state index < -0.39 is 11.2 Å². The highest BCUT2D eigenvalue weighted by Crippen LogP contribution is 2.10. The number of aromatic nitrogens is 3. The summed E-state index contributed by atoms with van der Waals surface area (Å²) in [6.45, 7) is 0.361. The van der Waals surface area contributed by atoms with E-state index in [0.717, 1.165) is 5.56 Å². The number of pyridine rings is 1. The van der Waals surface area contributed by atoms with Gasteiger partial charge >= 0.3 is 5.69 Å². The lowest BCUT2D eigenvalue weighted by molar-refractivity contribution is 0.719. The third kappa shape index (κ3) is 2.41. The van der Waals surface area contributed by atoms with Crippen LogP contribution in [0.4, 0.5) is 5.82 Å². The van der Waals surface area contributed by atoms with Gasteiger partial charge in [-0.15, -0.1) is 0 Å². The number of aromatic amines is 1. The van der Waals surface area contributed by atoms with Gasteiger partial charge in [-0.05, 0) is 6.07 Å². The van der Waals surface area contributed by atoms with Crippen molar-refractivity contribution in [2.45, 2.75) is 6.54 Å². The zero-order valence-electron chi connectivity index (χ0n) is 9.30. The van der Waals surface area contributed by atoms with Gasteiger partial charge < -0.3 is 5.32 Å². The average molecular weight is 232 g/mol. The lowest BCUT2D eigenvalue weighted by atomic mass is 10.2. The van der Waals surface area contributed by atoms with Gasteiger partial charge in [-0.3, -0.25) is 14.3 Å². The number of H-pyrrole nitrogens is 1. The van der Waals surface area contributed by atoms with E-state index in [1.165, 1.54) is 16.8 Å². The van der Waals surface area contributed by atoms with Crippen molar-refractivity contribution in [3.63, 3.8) is 0 Å². The molecule has 2 rings (SSSR count). The smallest absolute Gasteiger partial charge is 0.328 e. The van der Waals surface area contributed by atoms with E-state index in [2.05, 4.69) is 15.3 Å². The summed E-state index contributed by atoms with van der Waals surface area (Å²) in [4.78, 5) is 28.8. The molecule has 2 heterocycles. The normalized spacial score (nSPS) is 10.2. The minimum absolute atomic E-state index is 0.361. The molecule has 0 aliphatic rings. The lowest BCUT2D eigenvalue weighted by Gasteiger charge is -2.08. The first-order valence-corrected chi connectivity index (χ1v) is 5.12. The maximum absolute atomic E-state index is 11.5. The van der Waals surface area contributed by atoms with E-state index >= 15 is 0 Å². The first kappa shape index (κ1) is 11.1. The van der Waals surface area contributed by atoms with Crippen molar-refractivity contribution in [3.05, 3.63) is 57.0 Å². The van der Waals surface area contributed by atoms with Crippen LogP contribution < -0.4 is 16.6 Å². The van der Waals surface area contributed by atoms with Gasteiger partial charge in [0.15, 0.2) is 0 Å². The molecule has 0 aromatic carbocycles. The Bertz CT molecular complexity index is 630. The summed E-state index contributed by atoms with van der Waals surface area (Å²) in [6.07, 6.45) is 3.14. The van der Waals surface area contributed by atoms with Crippen molar-refractivity contribution in [1.82, 2.24) is 14.5 Å². The average Bonchev–Trinajstić information content (AvgIpc) is 2.33. The molecule has 0 amide bonds. The quantitative estimate of drug-likeness (QED) is 0.782. The van der Waals surface area contributed by atoms with Crippen LogP contribution in [0.3, 0.4) is 0 Å². The molecule has 0 saturated heterocycles. The van der Waals surface area contributed by atoms with Crippen LogP contribution in [0.2, 0.25) is 0 Å². The molecule has 2 aromatic rings. The third-order valence-electron chi connectivity index (χ3n) is 2.37. The van der Waals surface area contributed by atoms with E-state index in [-0.39, 0.29) is 0 Å². The summed E-state index contributed by atoms with van der Waals surface area (Å²) < 4.78 is 1.42. The fourth-order valence-electron chi connectivity index (χ4n) is 1.54. The first-order valence-electron chi connectivity index (χ1n) is 5.12. The van der Waals surface area contributed by atoms with Gasteiger partial charge in [-0.1, -0.05) is 6.07 Å². The van der Waals surface area contributed by atoms with Crippen LogP contribution in [0.5, 0.6) is 0 Å². The summed E-state index contributed by atoms with van der Waals surface area (Å²) >= 11 is 0. The molecule has 88 valence electrons. The molecule has 2 aromatic heterocycles. The topological polar surface area (TPSA) is 79.8 Å². The molecule has 0 aliphatic heterocycles. The van der Waals surface area contributed by atoms with E-state index in [1.54, 1.807) is 19.3 Å². The summed E-state index contributed by atoms with van der Waals surface area (Å²) in [7, 11) is 1.77. The number of hydrogen-bond acceptors (Lipinski definition) is 4. The molecule has 17 heavy (non-hydrogen) atoms. The Labute approximate surface area is 97.0 Å². The fraction of sp³-hybridized carbons (Fsp3) is 0.182. The number of nitrogens with zero attached hydrogens (tertiary/aromatic N) is 2. The molecule has 0 radical (unpaired) electrons. The minimum Gasteiger partial charge on any atom is -0.373 e. The van der Waals surface area contributed by atoms with E-state index in [4.69, 9.17) is 0 Å². The molecule has 0 fully saturated rings. The summed E-state index contributed by atoms with van der Waals surface area (Å²) in [5.74, 6) is 0.714. The predicted molar refractivity (Wildman–Crippen MR) is 64.2 cm³/mol. The Kier molecular flexibility index (Phi) is 3.04. The number of anilines is 1. The second-order valence-corrected chi connectivity index (χ2v) is 3.50. The highest BCUT2D eigenvalue weighted by atomic mass is 16.2. The molecule has 0 bridgehead atoms. The second kappa shape index (κ2) is 4.65. The predicted octanol–water partition coefficient (Wildman–Crippen LogP) is 0.0216. The fourth-order valence-corrected chi connectivity index (χ4v) is 1.54. The van der Waals surface area contributed by atoms with Crippen molar-refractivity contribution in [2.75, 3.05) is 12.4 Å². The Morgan fingerprint density at radius 1 is 1.41 bits per heavy atom. The Hall–Kier alpha value is -2.37. The van der Waals surface area contributed by atoms with Crippen molar-refractivity contribution in [1.29, 1.82) is 0 Å². The second-order valence-electron chi connectivity index (χ2n) is 3.50. The standard InChI is InChI=1S/C11H12N4O2/c1-12-10-8(3-2-5-13-10)7-15-6-4-9(16)14-11(15)17/h2-6H,7H2,1H3,(H,12,13)(H,14,16,17). The summed E-state index contributed by atoms with van der Waals surface area (Å²) in [5.41, 5.74) is 0.0545. The number of nitrogens with one attached hydrogen (secondary N) is 2. The van der Waals surface area contributed by atoms with Crippen molar-refractivity contribution >= 4 is 5.82 Å². The number of hydrogen-bond donors (Lipinski definition) is 2. The van der Waals surface area contributed by atoms with Crippen LogP contribution in [0.15, 0.2) is 40.2 Å². The van der Waals surface area contributed by atoms with Gasteiger partial charge in [0.2, 0.25) is 0 Å². The summed E-state index contributed by atoms with van der Waals surface area (Å²) in [6, 6.07) is 4.99. The Morgan fingerprint density at radius 2 is 2.24 bits per heavy atom. The van der Waals surface area contributed by atoms with E-state index in [0.29, 0.717) is 12.4 Å². The van der Waals surface area contributed by atoms with Crippen molar-refractivity contribution in [3.8, 4) is 0 Å². The highest BCUT2D eigenvalue weighted by molar-refractivity contribution is 5.42. The first-order chi connectivity index (χ1) is 8.20. The Morgan fingerprint density at radius 3 is 2.94 bits per heavy atom. The van der Waals surface area contributed by atoms with Crippen LogP contribution in [0.25, 0.3) is 0 Å². The molecule has 0 saturated carbocycles. The highest BCUT2D eigenvalue weighted by Gasteiger charge is 2.03. The van der Waals surface area contributed by atoms with Crippen LogP contribution >= 0.6 is 0 Å². The van der Waals surface area contributed by atoms with E-state index in [1.807, 2.05) is 6.07 Å². The molecule has 6 nitrogen and oxygen atoms in total. The van der Waals surface area contributed by atoms with Crippen LogP contribution in [0.1, 0.15) is 5.56 Å². The monoisotopic (exact) mass is 232 g/mol. The molecular weight excluding hydrogens is 220 g/mol. The molecular formula is C11H12N4O2. The molecule has 2 N–H and O–H groups in total. The Balaban J connectivity index is 2.38. The maximum atomic E-state index is 11.5. The van der Waals surface area contributed by atoms with Gasteiger partial charge in [0.05, 0.1) is 6.54 Å². The lowest BCUT2D eigenvalue weighted by Crippen LogP contribution is -2.29. The molecule has 6 heteroatoms. The number of rotatable bonds is 3. The van der Waals surface area contributed by atoms with Gasteiger partial charge in [-0.25, -0.2) is 9.78 Å². The van der Waals surface area contributed by atoms with Crippen molar-refractivity contribution < 1.29 is 0 Å². The SMILES string of the molecule is CNc1ncccc1Cn1ccc(=O)[nH]c1=O. The van der Waals surface area contributed by atoms with Gasteiger partial charge in [-0.2, -0.15) is 0 Å². The largest absolute Gasteiger partial charge is 0.373 e. The van der Waals surface area contributed by atoms with Crippen molar-refractivity contribution in [2.24, 2.45) is 0 Å². The van der Waals surface area contributed by atoms with Gasteiger partial charge in [0, 0.05) is 31.1 Å². The van der Waals surface area contributed by atoms with Gasteiger partial charge in [0.25, 0.3) is 5.56 Å². The maximum Gasteiger partial charge on any atom is 0.328 e. The minimum atomic E-state index is -0.427. The molecule has 0 atom stereocenters. The molecule has 0 unspecified atom stereocenters. The third-order valence-corrected chi connectivity index (χ3v) is 2.37. The molecule has 0 spiro atoms. The zero-order valence-corrected chi connectivity index (χ0v) is 9.30. The van der Waals surface area contributed by atoms with Crippen LogP contribution in [0, 0.1) is 0 Å². The summed E-state index contributed by atoms with van der Waals surface area (Å²) in [5, 5.41) is 2.95. The van der Waals surface area contributed by atoms with E-state index in [9.17, 15) is 9.59 Å². The van der Waals surface area contributed by atoms with Gasteiger partial charge in [0.1, 0.15) is 5.82 Å². The van der Waals surface area contributed by atoms with Crippen LogP contribution in [-0.2, 0) is 6.54 Å². The molecule has 0 aliphatic carbocycles.